The van der Waals surface area contributed by atoms with E-state index in [4.69, 9.17) is 0 Å². The zero-order valence-corrected chi connectivity index (χ0v) is 14.4. The van der Waals surface area contributed by atoms with E-state index in [9.17, 15) is 0 Å². The summed E-state index contributed by atoms with van der Waals surface area (Å²) < 4.78 is 0. The van der Waals surface area contributed by atoms with Crippen molar-refractivity contribution in [3.63, 3.8) is 0 Å². The summed E-state index contributed by atoms with van der Waals surface area (Å²) in [6.45, 7) is 17.2. The second kappa shape index (κ2) is 9.73. The molecule has 0 spiro atoms. The summed E-state index contributed by atoms with van der Waals surface area (Å²) in [6.07, 6.45) is 2.50. The van der Waals surface area contributed by atoms with Gasteiger partial charge in [0.1, 0.15) is 0 Å². The van der Waals surface area contributed by atoms with Crippen LogP contribution in [-0.2, 0) is 0 Å². The van der Waals surface area contributed by atoms with Crippen LogP contribution >= 0.6 is 0 Å². The maximum absolute atomic E-state index is 3.56. The molecule has 1 unspecified atom stereocenters. The Morgan fingerprint density at radius 3 is 2.00 bits per heavy atom. The van der Waals surface area contributed by atoms with E-state index in [1.807, 2.05) is 0 Å². The lowest BCUT2D eigenvalue weighted by molar-refractivity contribution is 0.0965. The number of hydrogen-bond donors (Lipinski definition) is 1. The number of nitrogens with one attached hydrogen (secondary N) is 1. The maximum atomic E-state index is 3.56. The fourth-order valence-electron chi connectivity index (χ4n) is 2.82. The summed E-state index contributed by atoms with van der Waals surface area (Å²) >= 11 is 0. The van der Waals surface area contributed by atoms with Gasteiger partial charge in [-0.25, -0.2) is 0 Å². The Labute approximate surface area is 121 Å². The van der Waals surface area contributed by atoms with Gasteiger partial charge in [-0.05, 0) is 52.4 Å². The molecule has 0 bridgehead atoms. The first-order chi connectivity index (χ1) is 8.94. The third kappa shape index (κ3) is 6.73. The van der Waals surface area contributed by atoms with E-state index in [1.54, 1.807) is 0 Å². The third-order valence-corrected chi connectivity index (χ3v) is 4.45. The van der Waals surface area contributed by atoms with Crippen LogP contribution in [0.15, 0.2) is 0 Å². The van der Waals surface area contributed by atoms with Crippen LogP contribution in [0.5, 0.6) is 0 Å². The Bertz CT molecular complexity index is 212. The molecule has 0 heterocycles. The van der Waals surface area contributed by atoms with Crippen molar-refractivity contribution in [3.8, 4) is 0 Å². The quantitative estimate of drug-likeness (QED) is 0.623. The van der Waals surface area contributed by atoms with Crippen LogP contribution in [-0.4, -0.2) is 62.7 Å². The molecule has 0 fully saturated rings. The summed E-state index contributed by atoms with van der Waals surface area (Å²) in [5.41, 5.74) is 0.423. The van der Waals surface area contributed by atoms with Crippen LogP contribution in [0.3, 0.4) is 0 Å². The fraction of sp³-hybridized carbons (Fsp3) is 1.00. The van der Waals surface area contributed by atoms with Gasteiger partial charge in [-0.3, -0.25) is 4.90 Å². The van der Waals surface area contributed by atoms with Crippen LogP contribution in [0, 0.1) is 5.41 Å². The van der Waals surface area contributed by atoms with Crippen molar-refractivity contribution in [1.29, 1.82) is 0 Å². The first-order valence-corrected chi connectivity index (χ1v) is 8.04. The second-order valence-electron chi connectivity index (χ2n) is 6.16. The Hall–Kier alpha value is -0.120. The summed E-state index contributed by atoms with van der Waals surface area (Å²) in [7, 11) is 4.33. The van der Waals surface area contributed by atoms with Crippen molar-refractivity contribution in [2.45, 2.75) is 53.5 Å². The molecule has 3 nitrogen and oxygen atoms in total. The highest BCUT2D eigenvalue weighted by Crippen LogP contribution is 2.27. The van der Waals surface area contributed by atoms with Gasteiger partial charge >= 0.3 is 0 Å². The Balaban J connectivity index is 4.67. The van der Waals surface area contributed by atoms with Crippen molar-refractivity contribution in [1.82, 2.24) is 15.1 Å². The van der Waals surface area contributed by atoms with Gasteiger partial charge in [-0.2, -0.15) is 0 Å². The number of nitrogens with zero attached hydrogens (tertiary/aromatic N) is 2. The molecule has 0 aromatic heterocycles. The molecule has 0 radical (unpaired) electrons. The van der Waals surface area contributed by atoms with E-state index < -0.39 is 0 Å². The zero-order chi connectivity index (χ0) is 14.9. The molecule has 0 aromatic rings. The Kier molecular flexibility index (Phi) is 9.67. The molecule has 0 amide bonds. The molecular weight excluding hydrogens is 234 g/mol. The third-order valence-electron chi connectivity index (χ3n) is 4.45. The largest absolute Gasteiger partial charge is 0.316 e. The zero-order valence-electron chi connectivity index (χ0n) is 14.4. The van der Waals surface area contributed by atoms with E-state index >= 15 is 0 Å². The van der Waals surface area contributed by atoms with Crippen molar-refractivity contribution in [3.05, 3.63) is 0 Å². The summed E-state index contributed by atoms with van der Waals surface area (Å²) in [5, 5.41) is 3.56. The van der Waals surface area contributed by atoms with E-state index in [0.717, 1.165) is 26.2 Å². The van der Waals surface area contributed by atoms with Crippen LogP contribution in [0.1, 0.15) is 47.5 Å². The highest BCUT2D eigenvalue weighted by Gasteiger charge is 2.29. The van der Waals surface area contributed by atoms with Gasteiger partial charge < -0.3 is 10.2 Å². The predicted molar refractivity (Wildman–Crippen MR) is 86.8 cm³/mol. The highest BCUT2D eigenvalue weighted by molar-refractivity contribution is 4.84. The van der Waals surface area contributed by atoms with Crippen LogP contribution < -0.4 is 5.32 Å². The minimum absolute atomic E-state index is 0.423. The molecule has 1 N–H and O–H groups in total. The van der Waals surface area contributed by atoms with E-state index in [1.165, 1.54) is 19.4 Å². The first kappa shape index (κ1) is 18.9. The van der Waals surface area contributed by atoms with Crippen LogP contribution in [0.2, 0.25) is 0 Å². The van der Waals surface area contributed by atoms with Crippen LogP contribution in [0.4, 0.5) is 0 Å². The van der Waals surface area contributed by atoms with Crippen molar-refractivity contribution >= 4 is 0 Å². The maximum Gasteiger partial charge on any atom is 0.0194 e. The minimum atomic E-state index is 0.423. The Morgan fingerprint density at radius 2 is 1.63 bits per heavy atom. The topological polar surface area (TPSA) is 18.5 Å². The van der Waals surface area contributed by atoms with E-state index in [-0.39, 0.29) is 0 Å². The molecule has 19 heavy (non-hydrogen) atoms. The normalized spacial score (nSPS) is 14.4. The SMILES string of the molecule is CCNCC(CC)(CC)CN(CC)C(C)CN(C)C. The smallest absolute Gasteiger partial charge is 0.0194 e. The lowest BCUT2D eigenvalue weighted by Crippen LogP contribution is -2.48. The van der Waals surface area contributed by atoms with Gasteiger partial charge in [-0.1, -0.05) is 27.7 Å². The number of hydrogen-bond acceptors (Lipinski definition) is 3. The summed E-state index contributed by atoms with van der Waals surface area (Å²) in [5.74, 6) is 0. The van der Waals surface area contributed by atoms with Gasteiger partial charge in [0.2, 0.25) is 0 Å². The molecule has 0 aliphatic carbocycles. The molecule has 0 rings (SSSR count). The lowest BCUT2D eigenvalue weighted by Gasteiger charge is -2.40. The molecule has 0 saturated heterocycles. The minimum Gasteiger partial charge on any atom is -0.316 e. The standard InChI is InChI=1S/C16H37N3/c1-8-16(9-2,13-17-10-3)14-19(11-4)15(5)12-18(6)7/h15,17H,8-14H2,1-7H3. The lowest BCUT2D eigenvalue weighted by atomic mass is 9.81. The van der Waals surface area contributed by atoms with Crippen molar-refractivity contribution in [2.75, 3.05) is 46.8 Å². The average Bonchev–Trinajstić information content (AvgIpc) is 2.39. The molecule has 0 saturated carbocycles. The molecule has 1 atom stereocenters. The average molecular weight is 271 g/mol. The van der Waals surface area contributed by atoms with Crippen molar-refractivity contribution in [2.24, 2.45) is 5.41 Å². The molecule has 0 aromatic carbocycles. The Morgan fingerprint density at radius 1 is 1.05 bits per heavy atom. The van der Waals surface area contributed by atoms with Crippen molar-refractivity contribution < 1.29 is 0 Å². The first-order valence-electron chi connectivity index (χ1n) is 8.04. The highest BCUT2D eigenvalue weighted by atomic mass is 15.2. The summed E-state index contributed by atoms with van der Waals surface area (Å²) in [4.78, 5) is 4.93. The molecule has 0 aliphatic heterocycles. The van der Waals surface area contributed by atoms with Gasteiger partial charge in [0.25, 0.3) is 0 Å². The van der Waals surface area contributed by atoms with Gasteiger partial charge in [0.05, 0.1) is 0 Å². The monoisotopic (exact) mass is 271 g/mol. The van der Waals surface area contributed by atoms with Gasteiger partial charge in [-0.15, -0.1) is 0 Å². The van der Waals surface area contributed by atoms with E-state index in [0.29, 0.717) is 11.5 Å². The van der Waals surface area contributed by atoms with E-state index in [2.05, 4.69) is 63.8 Å². The van der Waals surface area contributed by atoms with Gasteiger partial charge in [0.15, 0.2) is 0 Å². The molecule has 3 heteroatoms. The predicted octanol–water partition coefficient (Wildman–Crippen LogP) is 2.67. The molecule has 0 aliphatic rings. The molecular formula is C16H37N3. The molecule has 116 valence electrons. The summed E-state index contributed by atoms with van der Waals surface area (Å²) in [6, 6.07) is 0.624. The second-order valence-corrected chi connectivity index (χ2v) is 6.16. The van der Waals surface area contributed by atoms with Gasteiger partial charge in [0, 0.05) is 25.7 Å². The number of rotatable bonds is 11. The number of likely N-dealkylation sites (N-methyl/N-ethyl adjacent to an activating group) is 2. The van der Waals surface area contributed by atoms with Crippen LogP contribution in [0.25, 0.3) is 0 Å². The fourth-order valence-corrected chi connectivity index (χ4v) is 2.82.